The largest absolute Gasteiger partial charge is 0.454 e. The molecule has 0 aliphatic heterocycles. The van der Waals surface area contributed by atoms with Crippen molar-refractivity contribution < 1.29 is 4.42 Å². The molecule has 11 aromatic rings. The standard InChI is InChI=1S/C54H36N2O/c1-5-16-37(17-6-1)40-28-30-44(31-29-40)55(45-35-41(38-18-7-2-8-19-38)34-42(36-45)39-20-9-3-10-21-39)50-27-15-25-47-53-51(57-54(47)50)33-32-49-52(53)46-24-13-14-26-48(46)56(49)43-22-11-4-12-23-43/h1-36H. The number of para-hydroxylation sites is 3. The van der Waals surface area contributed by atoms with Crippen LogP contribution in [0.2, 0.25) is 0 Å². The number of benzene rings is 9. The van der Waals surface area contributed by atoms with E-state index in [1.165, 1.54) is 27.4 Å². The summed E-state index contributed by atoms with van der Waals surface area (Å²) in [7, 11) is 0. The van der Waals surface area contributed by atoms with Gasteiger partial charge in [0.15, 0.2) is 5.58 Å². The van der Waals surface area contributed by atoms with Crippen LogP contribution in [-0.2, 0) is 0 Å². The van der Waals surface area contributed by atoms with E-state index >= 15 is 0 Å². The van der Waals surface area contributed by atoms with Gasteiger partial charge >= 0.3 is 0 Å². The van der Waals surface area contributed by atoms with Crippen LogP contribution in [0.5, 0.6) is 0 Å². The third kappa shape index (κ3) is 5.60. The Morgan fingerprint density at radius 1 is 0.351 bits per heavy atom. The lowest BCUT2D eigenvalue weighted by Gasteiger charge is -2.27. The van der Waals surface area contributed by atoms with Crippen LogP contribution in [0.3, 0.4) is 0 Å². The normalized spacial score (nSPS) is 11.5. The summed E-state index contributed by atoms with van der Waals surface area (Å²) in [4.78, 5) is 2.36. The van der Waals surface area contributed by atoms with Crippen molar-refractivity contribution in [3.63, 3.8) is 0 Å². The molecule has 0 bridgehead atoms. The maximum Gasteiger partial charge on any atom is 0.159 e. The van der Waals surface area contributed by atoms with Crippen LogP contribution >= 0.6 is 0 Å². The Morgan fingerprint density at radius 3 is 1.54 bits per heavy atom. The number of fused-ring (bicyclic) bond motifs is 7. The molecule has 0 saturated heterocycles. The Balaban J connectivity index is 1.19. The van der Waals surface area contributed by atoms with Gasteiger partial charge in [-0.2, -0.15) is 0 Å². The molecule has 0 atom stereocenters. The van der Waals surface area contributed by atoms with Gasteiger partial charge in [0.25, 0.3) is 0 Å². The monoisotopic (exact) mass is 728 g/mol. The van der Waals surface area contributed by atoms with Gasteiger partial charge < -0.3 is 13.9 Å². The van der Waals surface area contributed by atoms with E-state index in [9.17, 15) is 0 Å². The molecule has 0 amide bonds. The number of aromatic nitrogens is 1. The SMILES string of the molecule is c1ccc(-c2ccc(N(c3cc(-c4ccccc4)cc(-c4ccccc4)c3)c3cccc4c3oc3ccc5c(c6ccccc6n5-c5ccccc5)c34)cc2)cc1. The first kappa shape index (κ1) is 32.8. The van der Waals surface area contributed by atoms with Crippen molar-refractivity contribution in [3.05, 3.63) is 218 Å². The second kappa shape index (κ2) is 13.6. The first-order valence-corrected chi connectivity index (χ1v) is 19.4. The molecule has 3 nitrogen and oxygen atoms in total. The first-order valence-electron chi connectivity index (χ1n) is 19.4. The Kier molecular flexibility index (Phi) is 7.82. The lowest BCUT2D eigenvalue weighted by atomic mass is 9.97. The average molecular weight is 729 g/mol. The van der Waals surface area contributed by atoms with Crippen molar-refractivity contribution in [1.82, 2.24) is 4.57 Å². The van der Waals surface area contributed by atoms with E-state index in [2.05, 4.69) is 228 Å². The number of furan rings is 1. The quantitative estimate of drug-likeness (QED) is 0.163. The smallest absolute Gasteiger partial charge is 0.159 e. The van der Waals surface area contributed by atoms with Crippen LogP contribution in [-0.4, -0.2) is 4.57 Å². The molecule has 0 aliphatic carbocycles. The molecule has 0 unspecified atom stereocenters. The molecule has 9 aromatic carbocycles. The van der Waals surface area contributed by atoms with Crippen LogP contribution in [0.4, 0.5) is 17.1 Å². The highest BCUT2D eigenvalue weighted by molar-refractivity contribution is 6.28. The lowest BCUT2D eigenvalue weighted by molar-refractivity contribution is 0.669. The minimum atomic E-state index is 0.843. The van der Waals surface area contributed by atoms with E-state index in [1.54, 1.807) is 0 Å². The van der Waals surface area contributed by atoms with E-state index in [1.807, 2.05) is 0 Å². The highest BCUT2D eigenvalue weighted by atomic mass is 16.3. The van der Waals surface area contributed by atoms with Gasteiger partial charge in [0, 0.05) is 38.6 Å². The molecule has 57 heavy (non-hydrogen) atoms. The zero-order valence-corrected chi connectivity index (χ0v) is 31.1. The second-order valence-corrected chi connectivity index (χ2v) is 14.5. The number of hydrogen-bond acceptors (Lipinski definition) is 2. The molecular formula is C54H36N2O. The predicted octanol–water partition coefficient (Wildman–Crippen LogP) is 15.2. The van der Waals surface area contributed by atoms with Gasteiger partial charge in [-0.15, -0.1) is 0 Å². The minimum absolute atomic E-state index is 0.843. The van der Waals surface area contributed by atoms with Crippen LogP contribution in [0.1, 0.15) is 0 Å². The Morgan fingerprint density at radius 2 is 0.895 bits per heavy atom. The van der Waals surface area contributed by atoms with Gasteiger partial charge in [-0.3, -0.25) is 0 Å². The molecule has 0 saturated carbocycles. The summed E-state index contributed by atoms with van der Waals surface area (Å²) in [6, 6.07) is 77.9. The topological polar surface area (TPSA) is 21.3 Å². The summed E-state index contributed by atoms with van der Waals surface area (Å²) in [6.07, 6.45) is 0. The molecule has 11 rings (SSSR count). The fourth-order valence-corrected chi connectivity index (χ4v) is 8.56. The van der Waals surface area contributed by atoms with E-state index in [0.29, 0.717) is 0 Å². The fraction of sp³-hybridized carbons (Fsp3) is 0. The molecule has 2 aromatic heterocycles. The highest BCUT2D eigenvalue weighted by Crippen LogP contribution is 2.47. The van der Waals surface area contributed by atoms with E-state index in [4.69, 9.17) is 4.42 Å². The Bertz CT molecular complexity index is 3140. The molecular weight excluding hydrogens is 693 g/mol. The highest BCUT2D eigenvalue weighted by Gasteiger charge is 2.24. The Hall–Kier alpha value is -7.62. The van der Waals surface area contributed by atoms with Crippen molar-refractivity contribution in [2.75, 3.05) is 4.90 Å². The third-order valence-corrected chi connectivity index (χ3v) is 11.2. The number of rotatable bonds is 7. The minimum Gasteiger partial charge on any atom is -0.454 e. The maximum atomic E-state index is 7.05. The molecule has 0 fully saturated rings. The summed E-state index contributed by atoms with van der Waals surface area (Å²) in [5.41, 5.74) is 15.2. The van der Waals surface area contributed by atoms with Crippen molar-refractivity contribution in [2.45, 2.75) is 0 Å². The summed E-state index contributed by atoms with van der Waals surface area (Å²) in [5, 5.41) is 4.60. The molecule has 2 heterocycles. The Labute approximate surface area is 330 Å². The van der Waals surface area contributed by atoms with Gasteiger partial charge in [-0.1, -0.05) is 152 Å². The predicted molar refractivity (Wildman–Crippen MR) is 239 cm³/mol. The van der Waals surface area contributed by atoms with Crippen molar-refractivity contribution >= 4 is 60.8 Å². The number of anilines is 3. The number of nitrogens with zero attached hydrogens (tertiary/aromatic N) is 2. The lowest BCUT2D eigenvalue weighted by Crippen LogP contribution is -2.10. The van der Waals surface area contributed by atoms with E-state index in [-0.39, 0.29) is 0 Å². The van der Waals surface area contributed by atoms with Crippen LogP contribution in [0.25, 0.3) is 82.8 Å². The third-order valence-electron chi connectivity index (χ3n) is 11.2. The maximum absolute atomic E-state index is 7.05. The van der Waals surface area contributed by atoms with E-state index in [0.717, 1.165) is 72.5 Å². The summed E-state index contributed by atoms with van der Waals surface area (Å²) in [6.45, 7) is 0. The fourth-order valence-electron chi connectivity index (χ4n) is 8.56. The number of hydrogen-bond donors (Lipinski definition) is 0. The van der Waals surface area contributed by atoms with Crippen LogP contribution in [0.15, 0.2) is 223 Å². The summed E-state index contributed by atoms with van der Waals surface area (Å²) >= 11 is 0. The first-order chi connectivity index (χ1) is 28.3. The van der Waals surface area contributed by atoms with Gasteiger partial charge in [-0.05, 0) is 100 Å². The van der Waals surface area contributed by atoms with Crippen molar-refractivity contribution in [1.29, 1.82) is 0 Å². The van der Waals surface area contributed by atoms with Crippen molar-refractivity contribution in [3.8, 4) is 39.1 Å². The van der Waals surface area contributed by atoms with Gasteiger partial charge in [0.2, 0.25) is 0 Å². The van der Waals surface area contributed by atoms with Gasteiger partial charge in [-0.25, -0.2) is 0 Å². The molecule has 0 N–H and O–H groups in total. The second-order valence-electron chi connectivity index (χ2n) is 14.5. The van der Waals surface area contributed by atoms with Gasteiger partial charge in [0.1, 0.15) is 5.58 Å². The molecule has 0 aliphatic rings. The summed E-state index contributed by atoms with van der Waals surface area (Å²) in [5.74, 6) is 0. The van der Waals surface area contributed by atoms with Crippen molar-refractivity contribution in [2.24, 2.45) is 0 Å². The molecule has 3 heteroatoms. The van der Waals surface area contributed by atoms with Crippen LogP contribution < -0.4 is 4.90 Å². The molecule has 268 valence electrons. The van der Waals surface area contributed by atoms with Crippen LogP contribution in [0, 0.1) is 0 Å². The van der Waals surface area contributed by atoms with Gasteiger partial charge in [0.05, 0.1) is 16.7 Å². The summed E-state index contributed by atoms with van der Waals surface area (Å²) < 4.78 is 9.42. The zero-order chi connectivity index (χ0) is 37.7. The molecule has 0 spiro atoms. The average Bonchev–Trinajstić information content (AvgIpc) is 3.84. The zero-order valence-electron chi connectivity index (χ0n) is 31.1. The molecule has 0 radical (unpaired) electrons. The van der Waals surface area contributed by atoms with E-state index < -0.39 is 0 Å².